The van der Waals surface area contributed by atoms with Crippen LogP contribution in [0.1, 0.15) is 26.2 Å². The first kappa shape index (κ1) is 15.7. The van der Waals surface area contributed by atoms with E-state index in [2.05, 4.69) is 4.98 Å². The van der Waals surface area contributed by atoms with Crippen molar-refractivity contribution in [3.63, 3.8) is 0 Å². The van der Waals surface area contributed by atoms with Gasteiger partial charge >= 0.3 is 0 Å². The SMILES string of the molecule is CCCS(=O)(=O)N1CC2(C[C@@H](Oc3ccccn3)CCO2)C1. The van der Waals surface area contributed by atoms with Crippen LogP contribution in [-0.4, -0.2) is 54.9 Å². The predicted molar refractivity (Wildman–Crippen MR) is 82.2 cm³/mol. The summed E-state index contributed by atoms with van der Waals surface area (Å²) in [6.07, 6.45) is 3.88. The molecule has 22 heavy (non-hydrogen) atoms. The maximum absolute atomic E-state index is 12.0. The largest absolute Gasteiger partial charge is 0.474 e. The Morgan fingerprint density at radius 2 is 2.27 bits per heavy atom. The lowest BCUT2D eigenvalue weighted by Gasteiger charge is -2.52. The second kappa shape index (κ2) is 6.14. The molecule has 0 aromatic carbocycles. The van der Waals surface area contributed by atoms with Gasteiger partial charge in [0.25, 0.3) is 0 Å². The Kier molecular flexibility index (Phi) is 4.38. The third kappa shape index (κ3) is 3.26. The average Bonchev–Trinajstić information content (AvgIpc) is 2.46. The molecule has 2 aliphatic heterocycles. The zero-order valence-electron chi connectivity index (χ0n) is 12.8. The normalized spacial score (nSPS) is 24.9. The molecule has 0 radical (unpaired) electrons. The van der Waals surface area contributed by atoms with Gasteiger partial charge in [-0.1, -0.05) is 13.0 Å². The van der Waals surface area contributed by atoms with Crippen molar-refractivity contribution in [2.24, 2.45) is 0 Å². The summed E-state index contributed by atoms with van der Waals surface area (Å²) < 4.78 is 37.4. The molecule has 3 heterocycles. The summed E-state index contributed by atoms with van der Waals surface area (Å²) in [6, 6.07) is 5.57. The van der Waals surface area contributed by atoms with Crippen molar-refractivity contribution in [3.8, 4) is 5.88 Å². The molecule has 0 N–H and O–H groups in total. The molecule has 1 aromatic rings. The lowest BCUT2D eigenvalue weighted by molar-refractivity contribution is -0.165. The molecule has 3 rings (SSSR count). The van der Waals surface area contributed by atoms with Crippen molar-refractivity contribution < 1.29 is 17.9 Å². The number of rotatable bonds is 5. The highest BCUT2D eigenvalue weighted by Crippen LogP contribution is 2.37. The molecule has 0 bridgehead atoms. The number of pyridine rings is 1. The van der Waals surface area contributed by atoms with Crippen LogP contribution in [-0.2, 0) is 14.8 Å². The fourth-order valence-corrected chi connectivity index (χ4v) is 4.71. The third-order valence-corrected chi connectivity index (χ3v) is 6.13. The van der Waals surface area contributed by atoms with Gasteiger partial charge in [0.05, 0.1) is 18.0 Å². The molecular weight excluding hydrogens is 304 g/mol. The first-order chi connectivity index (χ1) is 10.5. The minimum atomic E-state index is -3.13. The number of ether oxygens (including phenoxy) is 2. The Balaban J connectivity index is 1.58. The van der Waals surface area contributed by atoms with Crippen LogP contribution in [0.4, 0.5) is 0 Å². The standard InChI is InChI=1S/C15H22N2O4S/c1-2-9-22(18,19)17-11-15(12-17)10-13(6-8-20-15)21-14-5-3-4-7-16-14/h3-5,7,13H,2,6,8-12H2,1H3/t13-/m0/s1. The summed E-state index contributed by atoms with van der Waals surface area (Å²) in [7, 11) is -3.13. The van der Waals surface area contributed by atoms with Gasteiger partial charge in [0, 0.05) is 38.2 Å². The molecule has 0 amide bonds. The topological polar surface area (TPSA) is 68.7 Å². The van der Waals surface area contributed by atoms with E-state index in [0.717, 1.165) is 6.42 Å². The smallest absolute Gasteiger partial charge is 0.214 e. The van der Waals surface area contributed by atoms with Gasteiger partial charge in [0.1, 0.15) is 6.10 Å². The third-order valence-electron chi connectivity index (χ3n) is 4.16. The number of nitrogens with zero attached hydrogens (tertiary/aromatic N) is 2. The summed E-state index contributed by atoms with van der Waals surface area (Å²) in [6.45, 7) is 3.36. The molecule has 1 atom stereocenters. The Morgan fingerprint density at radius 1 is 1.45 bits per heavy atom. The van der Waals surface area contributed by atoms with E-state index in [1.807, 2.05) is 25.1 Å². The molecule has 122 valence electrons. The lowest BCUT2D eigenvalue weighted by Crippen LogP contribution is -2.67. The number of hydrogen-bond donors (Lipinski definition) is 0. The highest BCUT2D eigenvalue weighted by Gasteiger charge is 2.51. The minimum absolute atomic E-state index is 0.0275. The van der Waals surface area contributed by atoms with Crippen molar-refractivity contribution in [1.29, 1.82) is 0 Å². The molecule has 6 nitrogen and oxygen atoms in total. The zero-order chi connectivity index (χ0) is 15.6. The lowest BCUT2D eigenvalue weighted by atomic mass is 9.86. The van der Waals surface area contributed by atoms with E-state index in [0.29, 0.717) is 38.4 Å². The van der Waals surface area contributed by atoms with E-state index in [4.69, 9.17) is 9.47 Å². The molecular formula is C15H22N2O4S. The van der Waals surface area contributed by atoms with Gasteiger partial charge in [-0.15, -0.1) is 0 Å². The van der Waals surface area contributed by atoms with Gasteiger partial charge in [-0.25, -0.2) is 13.4 Å². The molecule has 1 aromatic heterocycles. The highest BCUT2D eigenvalue weighted by molar-refractivity contribution is 7.89. The summed E-state index contributed by atoms with van der Waals surface area (Å²) in [4.78, 5) is 4.17. The van der Waals surface area contributed by atoms with Crippen molar-refractivity contribution in [3.05, 3.63) is 24.4 Å². The van der Waals surface area contributed by atoms with E-state index in [1.54, 1.807) is 6.20 Å². The summed E-state index contributed by atoms with van der Waals surface area (Å²) >= 11 is 0. The Morgan fingerprint density at radius 3 is 2.95 bits per heavy atom. The van der Waals surface area contributed by atoms with Crippen molar-refractivity contribution in [1.82, 2.24) is 9.29 Å². The zero-order valence-corrected chi connectivity index (χ0v) is 13.6. The molecule has 0 unspecified atom stereocenters. The molecule has 7 heteroatoms. The van der Waals surface area contributed by atoms with Gasteiger partial charge in [-0.05, 0) is 12.5 Å². The van der Waals surface area contributed by atoms with Crippen LogP contribution in [0.15, 0.2) is 24.4 Å². The van der Waals surface area contributed by atoms with Crippen LogP contribution < -0.4 is 4.74 Å². The number of sulfonamides is 1. The Hall–Kier alpha value is -1.18. The Bertz CT molecular complexity index is 599. The van der Waals surface area contributed by atoms with E-state index >= 15 is 0 Å². The van der Waals surface area contributed by atoms with E-state index in [1.165, 1.54) is 4.31 Å². The maximum Gasteiger partial charge on any atom is 0.214 e. The summed E-state index contributed by atoms with van der Waals surface area (Å²) in [5, 5.41) is 0. The molecule has 2 aliphatic rings. The molecule has 0 saturated carbocycles. The summed E-state index contributed by atoms with van der Waals surface area (Å²) in [5.74, 6) is 0.816. The first-order valence-corrected chi connectivity index (χ1v) is 9.33. The monoisotopic (exact) mass is 326 g/mol. The number of hydrogen-bond acceptors (Lipinski definition) is 5. The highest BCUT2D eigenvalue weighted by atomic mass is 32.2. The molecule has 1 spiro atoms. The minimum Gasteiger partial charge on any atom is -0.474 e. The van der Waals surface area contributed by atoms with Gasteiger partial charge in [0.15, 0.2) is 0 Å². The van der Waals surface area contributed by atoms with E-state index in [9.17, 15) is 8.42 Å². The van der Waals surface area contributed by atoms with Crippen LogP contribution in [0, 0.1) is 0 Å². The van der Waals surface area contributed by atoms with Crippen molar-refractivity contribution >= 4 is 10.0 Å². The van der Waals surface area contributed by atoms with Crippen LogP contribution in [0.25, 0.3) is 0 Å². The van der Waals surface area contributed by atoms with E-state index in [-0.39, 0.29) is 17.5 Å². The summed E-state index contributed by atoms with van der Waals surface area (Å²) in [5.41, 5.74) is -0.376. The second-order valence-electron chi connectivity index (χ2n) is 6.02. The first-order valence-electron chi connectivity index (χ1n) is 7.72. The fraction of sp³-hybridized carbons (Fsp3) is 0.667. The van der Waals surface area contributed by atoms with Crippen molar-refractivity contribution in [2.45, 2.75) is 37.9 Å². The van der Waals surface area contributed by atoms with Crippen LogP contribution in [0.5, 0.6) is 5.88 Å². The average molecular weight is 326 g/mol. The molecule has 0 aliphatic carbocycles. The van der Waals surface area contributed by atoms with Gasteiger partial charge in [-0.2, -0.15) is 4.31 Å². The maximum atomic E-state index is 12.0. The molecule has 2 saturated heterocycles. The second-order valence-corrected chi connectivity index (χ2v) is 8.10. The fourth-order valence-electron chi connectivity index (χ4n) is 3.07. The predicted octanol–water partition coefficient (Wildman–Crippen LogP) is 1.43. The van der Waals surface area contributed by atoms with E-state index < -0.39 is 10.0 Å². The van der Waals surface area contributed by atoms with Crippen molar-refractivity contribution in [2.75, 3.05) is 25.4 Å². The van der Waals surface area contributed by atoms with Crippen LogP contribution >= 0.6 is 0 Å². The molecule has 2 fully saturated rings. The van der Waals surface area contributed by atoms with Gasteiger partial charge < -0.3 is 9.47 Å². The number of aromatic nitrogens is 1. The van der Waals surface area contributed by atoms with Gasteiger partial charge in [-0.3, -0.25) is 0 Å². The van der Waals surface area contributed by atoms with Crippen LogP contribution in [0.2, 0.25) is 0 Å². The Labute approximate surface area is 131 Å². The quantitative estimate of drug-likeness (QED) is 0.819. The van der Waals surface area contributed by atoms with Gasteiger partial charge in [0.2, 0.25) is 15.9 Å². The van der Waals surface area contributed by atoms with Crippen LogP contribution in [0.3, 0.4) is 0 Å².